The van der Waals surface area contributed by atoms with Gasteiger partial charge in [-0.1, -0.05) is 28.1 Å². The van der Waals surface area contributed by atoms with Crippen LogP contribution in [0.2, 0.25) is 0 Å². The molecule has 6 heteroatoms. The number of hydrogen-bond donors (Lipinski definition) is 0. The lowest BCUT2D eigenvalue weighted by Crippen LogP contribution is -2.10. The summed E-state index contributed by atoms with van der Waals surface area (Å²) in [5.41, 5.74) is 2.09. The summed E-state index contributed by atoms with van der Waals surface area (Å²) >= 11 is 3.45. The van der Waals surface area contributed by atoms with Gasteiger partial charge >= 0.3 is 5.97 Å². The zero-order valence-corrected chi connectivity index (χ0v) is 16.2. The number of hydrogen-bond acceptors (Lipinski definition) is 5. The number of carbonyl (C=O) groups excluding carboxylic acids is 1. The second-order valence-corrected chi connectivity index (χ2v) is 6.65. The highest BCUT2D eigenvalue weighted by atomic mass is 79.9. The van der Waals surface area contributed by atoms with Crippen LogP contribution in [0, 0.1) is 6.92 Å². The molecule has 0 atom stereocenters. The Morgan fingerprint density at radius 3 is 2.77 bits per heavy atom. The Morgan fingerprint density at radius 1 is 1.15 bits per heavy atom. The molecule has 136 valence electrons. The van der Waals surface area contributed by atoms with Crippen molar-refractivity contribution in [2.24, 2.45) is 0 Å². The number of esters is 1. The molecular formula is C20H19BrO5. The molecule has 2 aromatic carbocycles. The Labute approximate surface area is 160 Å². The van der Waals surface area contributed by atoms with Crippen molar-refractivity contribution in [3.05, 3.63) is 63.8 Å². The first-order valence-electron chi connectivity index (χ1n) is 8.15. The summed E-state index contributed by atoms with van der Waals surface area (Å²) in [5.74, 6) is 0.748. The van der Waals surface area contributed by atoms with Gasteiger partial charge in [-0.2, -0.15) is 0 Å². The van der Waals surface area contributed by atoms with Crippen molar-refractivity contribution >= 4 is 32.9 Å². The van der Waals surface area contributed by atoms with Gasteiger partial charge < -0.3 is 18.6 Å². The molecule has 0 N–H and O–H groups in total. The Bertz CT molecular complexity index is 916. The fourth-order valence-corrected chi connectivity index (χ4v) is 3.07. The van der Waals surface area contributed by atoms with Crippen LogP contribution in [-0.4, -0.2) is 26.3 Å². The average Bonchev–Trinajstić information content (AvgIpc) is 2.95. The van der Waals surface area contributed by atoms with Gasteiger partial charge in [-0.3, -0.25) is 0 Å². The summed E-state index contributed by atoms with van der Waals surface area (Å²) in [6.07, 6.45) is 0. The van der Waals surface area contributed by atoms with Crippen LogP contribution < -0.4 is 4.74 Å². The minimum Gasteiger partial charge on any atom is -0.489 e. The van der Waals surface area contributed by atoms with Crippen molar-refractivity contribution in [2.45, 2.75) is 13.5 Å². The van der Waals surface area contributed by atoms with Crippen LogP contribution in [0.1, 0.15) is 21.7 Å². The number of halogens is 1. The summed E-state index contributed by atoms with van der Waals surface area (Å²) < 4.78 is 22.7. The topological polar surface area (TPSA) is 57.9 Å². The molecule has 3 aromatic rings. The summed E-state index contributed by atoms with van der Waals surface area (Å²) in [5, 5.41) is 0.677. The van der Waals surface area contributed by atoms with Crippen LogP contribution in [0.5, 0.6) is 5.75 Å². The van der Waals surface area contributed by atoms with Crippen molar-refractivity contribution in [2.75, 3.05) is 20.3 Å². The Kier molecular flexibility index (Phi) is 5.96. The fourth-order valence-electron chi connectivity index (χ4n) is 2.63. The van der Waals surface area contributed by atoms with Gasteiger partial charge in [0.1, 0.15) is 35.9 Å². The highest BCUT2D eigenvalue weighted by molar-refractivity contribution is 9.10. The maximum absolute atomic E-state index is 12.4. The molecule has 0 amide bonds. The van der Waals surface area contributed by atoms with Gasteiger partial charge in [-0.25, -0.2) is 4.79 Å². The standard InChI is InChI=1S/C20H19BrO5/c1-13-19(20(22)24-9-8-23-2)17-11-16(6-7-18(17)26-13)25-12-14-4-3-5-15(21)10-14/h3-7,10-11H,8-9,12H2,1-2H3. The number of benzene rings is 2. The molecule has 26 heavy (non-hydrogen) atoms. The molecule has 0 aliphatic carbocycles. The van der Waals surface area contributed by atoms with Crippen LogP contribution in [0.15, 0.2) is 51.4 Å². The Balaban J connectivity index is 1.80. The Hall–Kier alpha value is -2.31. The molecule has 0 spiro atoms. The van der Waals surface area contributed by atoms with E-state index in [1.807, 2.05) is 30.3 Å². The zero-order valence-electron chi connectivity index (χ0n) is 14.6. The molecule has 3 rings (SSSR count). The third-order valence-electron chi connectivity index (χ3n) is 3.85. The number of fused-ring (bicyclic) bond motifs is 1. The largest absolute Gasteiger partial charge is 0.489 e. The van der Waals surface area contributed by atoms with E-state index in [0.29, 0.717) is 41.3 Å². The van der Waals surface area contributed by atoms with Gasteiger partial charge in [-0.15, -0.1) is 0 Å². The third kappa shape index (κ3) is 4.26. The smallest absolute Gasteiger partial charge is 0.342 e. The van der Waals surface area contributed by atoms with Crippen molar-refractivity contribution in [1.82, 2.24) is 0 Å². The Morgan fingerprint density at radius 2 is 2.00 bits per heavy atom. The lowest BCUT2D eigenvalue weighted by Gasteiger charge is -2.07. The molecule has 0 fully saturated rings. The van der Waals surface area contributed by atoms with Gasteiger partial charge in [0, 0.05) is 17.0 Å². The number of ether oxygens (including phenoxy) is 3. The van der Waals surface area contributed by atoms with Gasteiger partial charge in [0.15, 0.2) is 0 Å². The predicted octanol–water partition coefficient (Wildman–Crippen LogP) is 4.89. The first-order valence-corrected chi connectivity index (χ1v) is 8.94. The minimum absolute atomic E-state index is 0.195. The third-order valence-corrected chi connectivity index (χ3v) is 4.35. The molecule has 5 nitrogen and oxygen atoms in total. The monoisotopic (exact) mass is 418 g/mol. The zero-order chi connectivity index (χ0) is 18.5. The maximum atomic E-state index is 12.4. The van der Waals surface area contributed by atoms with Crippen molar-refractivity contribution in [3.63, 3.8) is 0 Å². The van der Waals surface area contributed by atoms with E-state index in [4.69, 9.17) is 18.6 Å². The van der Waals surface area contributed by atoms with E-state index >= 15 is 0 Å². The van der Waals surface area contributed by atoms with E-state index in [-0.39, 0.29) is 6.61 Å². The molecule has 0 bridgehead atoms. The van der Waals surface area contributed by atoms with E-state index < -0.39 is 5.97 Å². The molecule has 0 radical (unpaired) electrons. The van der Waals surface area contributed by atoms with E-state index in [9.17, 15) is 4.79 Å². The van der Waals surface area contributed by atoms with Crippen molar-refractivity contribution in [1.29, 1.82) is 0 Å². The van der Waals surface area contributed by atoms with Crippen LogP contribution in [0.3, 0.4) is 0 Å². The molecule has 0 unspecified atom stereocenters. The second-order valence-electron chi connectivity index (χ2n) is 5.74. The van der Waals surface area contributed by atoms with Crippen LogP contribution >= 0.6 is 15.9 Å². The minimum atomic E-state index is -0.428. The van der Waals surface area contributed by atoms with Crippen LogP contribution in [0.25, 0.3) is 11.0 Å². The first kappa shape index (κ1) is 18.5. The van der Waals surface area contributed by atoms with E-state index in [2.05, 4.69) is 15.9 Å². The van der Waals surface area contributed by atoms with Gasteiger partial charge in [-0.05, 0) is 42.8 Å². The van der Waals surface area contributed by atoms with Gasteiger partial charge in [0.05, 0.1) is 6.61 Å². The normalized spacial score (nSPS) is 10.9. The molecular weight excluding hydrogens is 400 g/mol. The van der Waals surface area contributed by atoms with Gasteiger partial charge in [0.2, 0.25) is 0 Å². The number of aryl methyl sites for hydroxylation is 1. The predicted molar refractivity (Wildman–Crippen MR) is 102 cm³/mol. The van der Waals surface area contributed by atoms with Crippen LogP contribution in [0.4, 0.5) is 0 Å². The fraction of sp³-hybridized carbons (Fsp3) is 0.250. The van der Waals surface area contributed by atoms with Crippen molar-refractivity contribution in [3.8, 4) is 5.75 Å². The molecule has 0 saturated carbocycles. The molecule has 0 aliphatic heterocycles. The highest BCUT2D eigenvalue weighted by Gasteiger charge is 2.20. The number of rotatable bonds is 7. The number of carbonyl (C=O) groups is 1. The lowest BCUT2D eigenvalue weighted by molar-refractivity contribution is 0.0388. The molecule has 0 saturated heterocycles. The average molecular weight is 419 g/mol. The van der Waals surface area contributed by atoms with E-state index in [1.54, 1.807) is 26.2 Å². The van der Waals surface area contributed by atoms with E-state index in [1.165, 1.54) is 0 Å². The second kappa shape index (κ2) is 8.38. The lowest BCUT2D eigenvalue weighted by atomic mass is 10.1. The molecule has 1 aromatic heterocycles. The number of methoxy groups -OCH3 is 1. The highest BCUT2D eigenvalue weighted by Crippen LogP contribution is 2.30. The van der Waals surface area contributed by atoms with Crippen LogP contribution in [-0.2, 0) is 16.1 Å². The quantitative estimate of drug-likeness (QED) is 0.403. The summed E-state index contributed by atoms with van der Waals surface area (Å²) in [7, 11) is 1.56. The first-order chi connectivity index (χ1) is 12.6. The van der Waals surface area contributed by atoms with Crippen molar-refractivity contribution < 1.29 is 23.4 Å². The summed E-state index contributed by atoms with van der Waals surface area (Å²) in [6.45, 7) is 2.71. The maximum Gasteiger partial charge on any atom is 0.342 e. The number of furan rings is 1. The summed E-state index contributed by atoms with van der Waals surface area (Å²) in [6, 6.07) is 13.3. The molecule has 1 heterocycles. The molecule has 0 aliphatic rings. The summed E-state index contributed by atoms with van der Waals surface area (Å²) in [4.78, 5) is 12.4. The SMILES string of the molecule is COCCOC(=O)c1c(C)oc2ccc(OCc3cccc(Br)c3)cc12. The van der Waals surface area contributed by atoms with Gasteiger partial charge in [0.25, 0.3) is 0 Å². The van der Waals surface area contributed by atoms with E-state index in [0.717, 1.165) is 10.0 Å².